The molecule has 1 aromatic rings. The first-order chi connectivity index (χ1) is 9.76. The summed E-state index contributed by atoms with van der Waals surface area (Å²) in [6.07, 6.45) is -4.80. The molecule has 1 aromatic carbocycles. The molecule has 1 aliphatic rings. The Labute approximate surface area is 120 Å². The molecule has 4 nitrogen and oxygen atoms in total. The molecule has 2 rings (SSSR count). The van der Waals surface area contributed by atoms with Gasteiger partial charge in [0.05, 0.1) is 16.4 Å². The van der Waals surface area contributed by atoms with Crippen molar-refractivity contribution in [2.75, 3.05) is 13.1 Å². The van der Waals surface area contributed by atoms with E-state index < -0.39 is 22.1 Å². The SMILES string of the molecule is N#Cc1ccccc1S(=O)(=O)N1CCC(C(F)(F)F)CC1. The van der Waals surface area contributed by atoms with Crippen molar-refractivity contribution in [1.82, 2.24) is 4.31 Å². The number of halogens is 3. The lowest BCUT2D eigenvalue weighted by Crippen LogP contribution is -2.42. The maximum Gasteiger partial charge on any atom is 0.391 e. The van der Waals surface area contributed by atoms with E-state index in [9.17, 15) is 21.6 Å². The summed E-state index contributed by atoms with van der Waals surface area (Å²) in [6, 6.07) is 7.47. The van der Waals surface area contributed by atoms with E-state index in [4.69, 9.17) is 5.26 Å². The normalized spacial score (nSPS) is 18.4. The highest BCUT2D eigenvalue weighted by molar-refractivity contribution is 7.89. The number of piperidine rings is 1. The van der Waals surface area contributed by atoms with Crippen molar-refractivity contribution in [1.29, 1.82) is 5.26 Å². The predicted molar refractivity (Wildman–Crippen MR) is 68.7 cm³/mol. The van der Waals surface area contributed by atoms with Crippen LogP contribution in [-0.4, -0.2) is 32.0 Å². The Morgan fingerprint density at radius 3 is 2.29 bits per heavy atom. The summed E-state index contributed by atoms with van der Waals surface area (Å²) >= 11 is 0. The van der Waals surface area contributed by atoms with Gasteiger partial charge in [-0.2, -0.15) is 22.7 Å². The number of alkyl halides is 3. The van der Waals surface area contributed by atoms with Crippen molar-refractivity contribution in [3.05, 3.63) is 29.8 Å². The number of sulfonamides is 1. The minimum absolute atomic E-state index is 0.00422. The number of nitrogens with zero attached hydrogens (tertiary/aromatic N) is 2. The third-order valence-electron chi connectivity index (χ3n) is 3.54. The van der Waals surface area contributed by atoms with E-state index in [-0.39, 0.29) is 36.4 Å². The van der Waals surface area contributed by atoms with Crippen LogP contribution >= 0.6 is 0 Å². The second-order valence-electron chi connectivity index (χ2n) is 4.83. The zero-order chi connectivity index (χ0) is 15.7. The number of hydrogen-bond acceptors (Lipinski definition) is 3. The van der Waals surface area contributed by atoms with Gasteiger partial charge in [0.1, 0.15) is 6.07 Å². The quantitative estimate of drug-likeness (QED) is 0.842. The van der Waals surface area contributed by atoms with E-state index >= 15 is 0 Å². The zero-order valence-corrected chi connectivity index (χ0v) is 11.8. The highest BCUT2D eigenvalue weighted by atomic mass is 32.2. The van der Waals surface area contributed by atoms with Gasteiger partial charge in [0, 0.05) is 13.1 Å². The smallest absolute Gasteiger partial charge is 0.207 e. The van der Waals surface area contributed by atoms with Gasteiger partial charge in [0.15, 0.2) is 0 Å². The van der Waals surface area contributed by atoms with Gasteiger partial charge in [-0.05, 0) is 25.0 Å². The highest BCUT2D eigenvalue weighted by Crippen LogP contribution is 2.35. The summed E-state index contributed by atoms with van der Waals surface area (Å²) in [7, 11) is -3.93. The molecule has 8 heteroatoms. The monoisotopic (exact) mass is 318 g/mol. The standard InChI is InChI=1S/C13H13F3N2O2S/c14-13(15,16)11-5-7-18(8-6-11)21(19,20)12-4-2-1-3-10(12)9-17/h1-4,11H,5-8H2. The second kappa shape index (κ2) is 5.66. The molecule has 1 aliphatic heterocycles. The lowest BCUT2D eigenvalue weighted by molar-refractivity contribution is -0.182. The van der Waals surface area contributed by atoms with E-state index in [0.717, 1.165) is 4.31 Å². The lowest BCUT2D eigenvalue weighted by Gasteiger charge is -2.32. The Balaban J connectivity index is 2.22. The largest absolute Gasteiger partial charge is 0.391 e. The van der Waals surface area contributed by atoms with Gasteiger partial charge in [-0.25, -0.2) is 8.42 Å². The van der Waals surface area contributed by atoms with Crippen molar-refractivity contribution < 1.29 is 21.6 Å². The third kappa shape index (κ3) is 3.19. The average Bonchev–Trinajstić information content (AvgIpc) is 2.46. The Hall–Kier alpha value is -1.59. The van der Waals surface area contributed by atoms with Crippen LogP contribution in [0.2, 0.25) is 0 Å². The summed E-state index contributed by atoms with van der Waals surface area (Å²) in [6.45, 7) is -0.376. The van der Waals surface area contributed by atoms with Crippen LogP contribution in [0.1, 0.15) is 18.4 Å². The Morgan fingerprint density at radius 2 is 1.76 bits per heavy atom. The van der Waals surface area contributed by atoms with Crippen molar-refractivity contribution in [3.8, 4) is 6.07 Å². The van der Waals surface area contributed by atoms with Crippen LogP contribution in [0.25, 0.3) is 0 Å². The van der Waals surface area contributed by atoms with Crippen molar-refractivity contribution in [2.45, 2.75) is 23.9 Å². The maximum absolute atomic E-state index is 12.6. The Morgan fingerprint density at radius 1 is 1.19 bits per heavy atom. The van der Waals surface area contributed by atoms with Gasteiger partial charge in [-0.3, -0.25) is 0 Å². The molecule has 1 fully saturated rings. The van der Waals surface area contributed by atoms with Gasteiger partial charge in [-0.1, -0.05) is 12.1 Å². The van der Waals surface area contributed by atoms with E-state index in [1.54, 1.807) is 6.07 Å². The third-order valence-corrected chi connectivity index (χ3v) is 5.50. The maximum atomic E-state index is 12.6. The first-order valence-electron chi connectivity index (χ1n) is 6.33. The second-order valence-corrected chi connectivity index (χ2v) is 6.73. The van der Waals surface area contributed by atoms with Gasteiger partial charge in [0.25, 0.3) is 0 Å². The summed E-state index contributed by atoms with van der Waals surface area (Å²) in [4.78, 5) is -0.155. The summed E-state index contributed by atoms with van der Waals surface area (Å²) in [5, 5.41) is 8.95. The minimum Gasteiger partial charge on any atom is -0.207 e. The van der Waals surface area contributed by atoms with Crippen LogP contribution in [0.4, 0.5) is 13.2 Å². The Bertz CT molecular complexity index is 657. The summed E-state index contributed by atoms with van der Waals surface area (Å²) in [5.74, 6) is -1.46. The van der Waals surface area contributed by atoms with Crippen LogP contribution in [0.3, 0.4) is 0 Å². The molecular formula is C13H13F3N2O2S. The molecule has 0 atom stereocenters. The van der Waals surface area contributed by atoms with Crippen LogP contribution in [0, 0.1) is 17.2 Å². The fourth-order valence-corrected chi connectivity index (χ4v) is 3.96. The predicted octanol–water partition coefficient (Wildman–Crippen LogP) is 2.52. The highest BCUT2D eigenvalue weighted by Gasteiger charge is 2.43. The number of nitriles is 1. The molecule has 0 aromatic heterocycles. The van der Waals surface area contributed by atoms with Gasteiger partial charge >= 0.3 is 6.18 Å². The molecule has 0 aliphatic carbocycles. The molecule has 0 spiro atoms. The van der Waals surface area contributed by atoms with Crippen LogP contribution < -0.4 is 0 Å². The Kier molecular flexibility index (Phi) is 4.25. The lowest BCUT2D eigenvalue weighted by atomic mass is 9.98. The zero-order valence-electron chi connectivity index (χ0n) is 11.0. The summed E-state index contributed by atoms with van der Waals surface area (Å²) < 4.78 is 63.6. The van der Waals surface area contributed by atoms with Gasteiger partial charge in [0.2, 0.25) is 10.0 Å². The number of benzene rings is 1. The topological polar surface area (TPSA) is 61.2 Å². The van der Waals surface area contributed by atoms with Crippen LogP contribution in [-0.2, 0) is 10.0 Å². The number of rotatable bonds is 2. The molecule has 0 N–H and O–H groups in total. The first-order valence-corrected chi connectivity index (χ1v) is 7.77. The van der Waals surface area contributed by atoms with Crippen LogP contribution in [0.15, 0.2) is 29.2 Å². The molecule has 21 heavy (non-hydrogen) atoms. The van der Waals surface area contributed by atoms with Crippen molar-refractivity contribution >= 4 is 10.0 Å². The van der Waals surface area contributed by atoms with E-state index in [1.165, 1.54) is 24.3 Å². The van der Waals surface area contributed by atoms with E-state index in [2.05, 4.69) is 0 Å². The fourth-order valence-electron chi connectivity index (χ4n) is 2.35. The number of hydrogen-bond donors (Lipinski definition) is 0. The van der Waals surface area contributed by atoms with Crippen molar-refractivity contribution in [3.63, 3.8) is 0 Å². The van der Waals surface area contributed by atoms with E-state index in [1.807, 2.05) is 0 Å². The molecule has 0 amide bonds. The van der Waals surface area contributed by atoms with E-state index in [0.29, 0.717) is 0 Å². The molecule has 0 unspecified atom stereocenters. The molecule has 1 heterocycles. The molecule has 114 valence electrons. The fraction of sp³-hybridized carbons (Fsp3) is 0.462. The first kappa shape index (κ1) is 15.8. The molecule has 0 bridgehead atoms. The average molecular weight is 318 g/mol. The van der Waals surface area contributed by atoms with Gasteiger partial charge in [-0.15, -0.1) is 0 Å². The molecule has 1 saturated heterocycles. The summed E-state index contributed by atoms with van der Waals surface area (Å²) in [5.41, 5.74) is -0.00422. The van der Waals surface area contributed by atoms with Gasteiger partial charge < -0.3 is 0 Å². The molecule has 0 radical (unpaired) electrons. The minimum atomic E-state index is -4.29. The van der Waals surface area contributed by atoms with Crippen LogP contribution in [0.5, 0.6) is 0 Å². The molecular weight excluding hydrogens is 305 g/mol. The molecule has 0 saturated carbocycles. The van der Waals surface area contributed by atoms with Crippen molar-refractivity contribution in [2.24, 2.45) is 5.92 Å².